The minimum Gasteiger partial charge on any atom is -0.147 e. The fraction of sp³-hybridized carbons (Fsp3) is 0.500. The zero-order valence-electron chi connectivity index (χ0n) is 13.5. The van der Waals surface area contributed by atoms with E-state index in [0.29, 0.717) is 5.92 Å². The van der Waals surface area contributed by atoms with Crippen molar-refractivity contribution in [3.8, 4) is 0 Å². The van der Waals surface area contributed by atoms with Crippen molar-refractivity contribution in [1.82, 2.24) is 0 Å². The third kappa shape index (κ3) is 3.51. The first-order chi connectivity index (χ1) is 8.10. The molecule has 20 heavy (non-hydrogen) atoms. The largest absolute Gasteiger partial charge is 0.147 e. The summed E-state index contributed by atoms with van der Waals surface area (Å²) in [6, 6.07) is 0. The third-order valence-electron chi connectivity index (χ3n) is 4.67. The second-order valence-electron chi connectivity index (χ2n) is 7.31. The Balaban J connectivity index is 0.00000180. The van der Waals surface area contributed by atoms with E-state index in [-0.39, 0.29) is 24.8 Å². The third-order valence-corrected chi connectivity index (χ3v) is 21.8. The molecule has 0 fully saturated rings. The van der Waals surface area contributed by atoms with E-state index in [1.807, 2.05) is 3.28 Å². The van der Waals surface area contributed by atoms with Crippen LogP contribution in [0.15, 0.2) is 41.5 Å². The van der Waals surface area contributed by atoms with E-state index in [1.165, 1.54) is 12.0 Å². The van der Waals surface area contributed by atoms with Gasteiger partial charge in [-0.15, -0.1) is 24.8 Å². The van der Waals surface area contributed by atoms with Gasteiger partial charge in [-0.25, -0.2) is 0 Å². The molecular weight excluding hydrogens is 382 g/mol. The summed E-state index contributed by atoms with van der Waals surface area (Å²) in [6.45, 7) is 11.6. The van der Waals surface area contributed by atoms with Crippen LogP contribution in [0.2, 0.25) is 9.26 Å². The minimum atomic E-state index is -2.86. The summed E-state index contributed by atoms with van der Waals surface area (Å²) in [5.74, 6) is 0.657. The summed E-state index contributed by atoms with van der Waals surface area (Å²) in [5.41, 5.74) is 4.58. The molecule has 2 aliphatic rings. The van der Waals surface area contributed by atoms with Crippen LogP contribution in [0.3, 0.4) is 0 Å². The summed E-state index contributed by atoms with van der Waals surface area (Å²) in [7, 11) is 0. The molecule has 1 atom stereocenters. The number of halogens is 2. The number of hydrogen-bond acceptors (Lipinski definition) is 0. The van der Waals surface area contributed by atoms with Gasteiger partial charge < -0.3 is 0 Å². The molecule has 0 saturated heterocycles. The second-order valence-corrected chi connectivity index (χ2v) is 36.0. The molecule has 0 radical (unpaired) electrons. The first kappa shape index (κ1) is 20.6. The van der Waals surface area contributed by atoms with E-state index in [0.717, 1.165) is 0 Å². The fourth-order valence-electron chi connectivity index (χ4n) is 3.89. The minimum absolute atomic E-state index is 0. The van der Waals surface area contributed by atoms with Gasteiger partial charge in [-0.2, -0.15) is 0 Å². The van der Waals surface area contributed by atoms with E-state index in [1.54, 1.807) is 14.4 Å². The Morgan fingerprint density at radius 1 is 1.10 bits per heavy atom. The monoisotopic (exact) mass is 408 g/mol. The van der Waals surface area contributed by atoms with Crippen LogP contribution >= 0.6 is 24.8 Å². The van der Waals surface area contributed by atoms with Gasteiger partial charge in [0.2, 0.25) is 0 Å². The summed E-state index contributed by atoms with van der Waals surface area (Å²) in [4.78, 5) is 0. The summed E-state index contributed by atoms with van der Waals surface area (Å²) >= 11 is -2.86. The van der Waals surface area contributed by atoms with Gasteiger partial charge in [0, 0.05) is 0 Å². The second kappa shape index (κ2) is 6.41. The zero-order valence-corrected chi connectivity index (χ0v) is 19.0. The van der Waals surface area contributed by atoms with Gasteiger partial charge in [0.05, 0.1) is 0 Å². The maximum Gasteiger partial charge on any atom is -0.147 e. The van der Waals surface area contributed by atoms with Gasteiger partial charge in [0.25, 0.3) is 0 Å². The van der Waals surface area contributed by atoms with Crippen LogP contribution < -0.4 is 0 Å². The van der Waals surface area contributed by atoms with Crippen LogP contribution in [-0.4, -0.2) is 6.88 Å². The zero-order chi connectivity index (χ0) is 13.7. The average Bonchev–Trinajstić information content (AvgIpc) is 2.70. The Morgan fingerprint density at radius 2 is 1.65 bits per heavy atom. The maximum absolute atomic E-state index is 2.86. The standard InChI is InChI=1S/2C7H9.2CH3.2ClH.H2Si.Zr/c2*1-6-3-4-7(2)5-6;;;;;;/h5H,3H2,1-2H3;3,5,7H,1-2H3;2*1H3;2*1H;1H2;. The maximum atomic E-state index is 2.62. The van der Waals surface area contributed by atoms with Crippen LogP contribution in [0.25, 0.3) is 0 Å². The first-order valence-electron chi connectivity index (χ1n) is 6.95. The van der Waals surface area contributed by atoms with Crippen molar-refractivity contribution in [3.63, 3.8) is 0 Å². The molecule has 114 valence electrons. The molecule has 0 aromatic rings. The molecule has 2 rings (SSSR count). The van der Waals surface area contributed by atoms with Crippen LogP contribution in [0.4, 0.5) is 0 Å². The fourth-order valence-corrected chi connectivity index (χ4v) is 20.5. The quantitative estimate of drug-likeness (QED) is 0.544. The molecule has 0 aromatic carbocycles. The van der Waals surface area contributed by atoms with Gasteiger partial charge >= 0.3 is 115 Å². The number of rotatable bonds is 2. The van der Waals surface area contributed by atoms with E-state index >= 15 is 0 Å². The van der Waals surface area contributed by atoms with Gasteiger partial charge in [0.15, 0.2) is 0 Å². The first-order valence-corrected chi connectivity index (χ1v) is 20.2. The van der Waals surface area contributed by atoms with Crippen molar-refractivity contribution in [2.24, 2.45) is 5.92 Å². The van der Waals surface area contributed by atoms with Crippen LogP contribution in [0.5, 0.6) is 0 Å². The summed E-state index contributed by atoms with van der Waals surface area (Å²) < 4.78 is 8.85. The molecule has 0 amide bonds. The van der Waals surface area contributed by atoms with Crippen molar-refractivity contribution in [2.75, 3.05) is 0 Å². The Hall–Kier alpha value is 0.640. The van der Waals surface area contributed by atoms with E-state index in [2.05, 4.69) is 62.1 Å². The molecule has 2 aliphatic carbocycles. The van der Waals surface area contributed by atoms with Crippen molar-refractivity contribution < 1.29 is 17.4 Å². The van der Waals surface area contributed by atoms with Crippen molar-refractivity contribution >= 4 is 31.7 Å². The van der Waals surface area contributed by atoms with Gasteiger partial charge in [-0.1, -0.05) is 0 Å². The van der Waals surface area contributed by atoms with Gasteiger partial charge in [-0.05, 0) is 0 Å². The number of hydrogen-bond donors (Lipinski definition) is 0. The predicted molar refractivity (Wildman–Crippen MR) is 96.8 cm³/mol. The van der Waals surface area contributed by atoms with Gasteiger partial charge in [0.1, 0.15) is 0 Å². The molecule has 0 aliphatic heterocycles. The average molecular weight is 411 g/mol. The van der Waals surface area contributed by atoms with Crippen molar-refractivity contribution in [2.45, 2.75) is 43.4 Å². The van der Waals surface area contributed by atoms with E-state index < -0.39 is 17.4 Å². The van der Waals surface area contributed by atoms with Crippen molar-refractivity contribution in [1.29, 1.82) is 0 Å². The summed E-state index contributed by atoms with van der Waals surface area (Å²) in [6.07, 6.45) is 8.58. The molecule has 0 nitrogen and oxygen atoms in total. The van der Waals surface area contributed by atoms with Gasteiger partial charge in [-0.3, -0.25) is 0 Å². The number of allylic oxidation sites excluding steroid dienone is 8. The topological polar surface area (TPSA) is 0 Å². The molecule has 4 heteroatoms. The van der Waals surface area contributed by atoms with Crippen LogP contribution in [-0.2, 0) is 17.4 Å². The molecule has 0 aromatic heterocycles. The molecule has 0 saturated carbocycles. The van der Waals surface area contributed by atoms with E-state index in [9.17, 15) is 0 Å². The molecule has 1 unspecified atom stereocenters. The van der Waals surface area contributed by atoms with Crippen LogP contribution in [0.1, 0.15) is 34.1 Å². The Labute approximate surface area is 139 Å². The predicted octanol–water partition coefficient (Wildman–Crippen LogP) is 5.27. The molecule has 0 spiro atoms. The smallest absolute Gasteiger partial charge is 0.147 e. The van der Waals surface area contributed by atoms with E-state index in [4.69, 9.17) is 0 Å². The SMILES string of the molecule is CC1=CC(C)[C]([Zr]([CH3])([CH3])(=[SiH2])[C]2=C(C)C=C(C)C2)=C1.Cl.Cl. The Morgan fingerprint density at radius 3 is 2.00 bits per heavy atom. The molecule has 0 N–H and O–H groups in total. The summed E-state index contributed by atoms with van der Waals surface area (Å²) in [5, 5.41) is 0. The van der Waals surface area contributed by atoms with Crippen molar-refractivity contribution in [3.05, 3.63) is 41.5 Å². The Kier molecular flexibility index (Phi) is 6.61. The van der Waals surface area contributed by atoms with Crippen LogP contribution in [0, 0.1) is 5.92 Å². The molecular formula is C16H28Cl2SiZr. The Bertz CT molecular complexity index is 600. The molecule has 0 bridgehead atoms. The molecule has 0 heterocycles. The normalized spacial score (nSPS) is 22.8.